The van der Waals surface area contributed by atoms with E-state index in [9.17, 15) is 0 Å². The van der Waals surface area contributed by atoms with Gasteiger partial charge in [-0.25, -0.2) is 4.98 Å². The largest absolute Gasteiger partial charge is 0.424 e. The van der Waals surface area contributed by atoms with Gasteiger partial charge in [0.1, 0.15) is 12.1 Å². The third-order valence-electron chi connectivity index (χ3n) is 1.52. The van der Waals surface area contributed by atoms with E-state index in [0.29, 0.717) is 5.75 Å². The molecule has 0 fully saturated rings. The van der Waals surface area contributed by atoms with Crippen LogP contribution in [0.3, 0.4) is 0 Å². The fourth-order valence-electron chi connectivity index (χ4n) is 0.936. The summed E-state index contributed by atoms with van der Waals surface area (Å²) in [6.07, 6.45) is 1.31. The summed E-state index contributed by atoms with van der Waals surface area (Å²) >= 11 is 0. The van der Waals surface area contributed by atoms with Crippen molar-refractivity contribution in [2.24, 2.45) is 0 Å². The van der Waals surface area contributed by atoms with Crippen molar-refractivity contribution < 1.29 is 4.74 Å². The number of nitrogens with two attached hydrogens (primary N) is 1. The highest BCUT2D eigenvalue weighted by Gasteiger charge is 1.99. The molecule has 0 unspecified atom stereocenters. The fourth-order valence-corrected chi connectivity index (χ4v) is 0.936. The summed E-state index contributed by atoms with van der Waals surface area (Å²) in [5, 5.41) is 0. The van der Waals surface area contributed by atoms with E-state index in [1.165, 1.54) is 6.33 Å². The number of rotatable bonds is 2. The van der Waals surface area contributed by atoms with Gasteiger partial charge < -0.3 is 10.5 Å². The predicted molar refractivity (Wildman–Crippen MR) is 50.8 cm³/mol. The summed E-state index contributed by atoms with van der Waals surface area (Å²) in [5.41, 5.74) is 5.37. The van der Waals surface area contributed by atoms with E-state index in [1.807, 2.05) is 18.2 Å². The number of nitrogen functional groups attached to an aromatic ring is 1. The minimum absolute atomic E-state index is 0.144. The van der Waals surface area contributed by atoms with Crippen molar-refractivity contribution in [3.63, 3.8) is 0 Å². The molecule has 0 aliphatic heterocycles. The van der Waals surface area contributed by atoms with Gasteiger partial charge in [0.05, 0.1) is 0 Å². The maximum Gasteiger partial charge on any atom is 0.326 e. The molecular formula is C9H8N4O. The van der Waals surface area contributed by atoms with Gasteiger partial charge in [-0.3, -0.25) is 0 Å². The Balaban J connectivity index is 2.19. The van der Waals surface area contributed by atoms with Crippen LogP contribution in [0.5, 0.6) is 11.8 Å². The highest BCUT2D eigenvalue weighted by atomic mass is 16.5. The van der Waals surface area contributed by atoms with Gasteiger partial charge in [0.2, 0.25) is 5.95 Å². The Labute approximate surface area is 80.6 Å². The Morgan fingerprint density at radius 1 is 1.07 bits per heavy atom. The van der Waals surface area contributed by atoms with E-state index < -0.39 is 0 Å². The van der Waals surface area contributed by atoms with Crippen molar-refractivity contribution in [1.82, 2.24) is 15.0 Å². The van der Waals surface area contributed by atoms with Gasteiger partial charge >= 0.3 is 6.01 Å². The average Bonchev–Trinajstić information content (AvgIpc) is 2.19. The Morgan fingerprint density at radius 3 is 2.57 bits per heavy atom. The summed E-state index contributed by atoms with van der Waals surface area (Å²) in [6, 6.07) is 9.43. The summed E-state index contributed by atoms with van der Waals surface area (Å²) in [7, 11) is 0. The summed E-state index contributed by atoms with van der Waals surface area (Å²) in [5.74, 6) is 0.809. The van der Waals surface area contributed by atoms with Gasteiger partial charge in [-0.15, -0.1) is 0 Å². The first-order chi connectivity index (χ1) is 6.84. The second kappa shape index (κ2) is 3.69. The number of hydrogen-bond donors (Lipinski definition) is 1. The molecule has 0 aliphatic carbocycles. The molecule has 70 valence electrons. The zero-order chi connectivity index (χ0) is 9.80. The smallest absolute Gasteiger partial charge is 0.326 e. The van der Waals surface area contributed by atoms with Crippen LogP contribution in [0.1, 0.15) is 0 Å². The van der Waals surface area contributed by atoms with E-state index in [2.05, 4.69) is 15.0 Å². The van der Waals surface area contributed by atoms with Crippen molar-refractivity contribution >= 4 is 5.95 Å². The number of benzene rings is 1. The van der Waals surface area contributed by atoms with Gasteiger partial charge in [0, 0.05) is 0 Å². The molecule has 2 aromatic rings. The van der Waals surface area contributed by atoms with Crippen LogP contribution in [0.2, 0.25) is 0 Å². The van der Waals surface area contributed by atoms with Crippen molar-refractivity contribution in [1.29, 1.82) is 0 Å². The molecule has 0 saturated heterocycles. The molecule has 0 radical (unpaired) electrons. The lowest BCUT2D eigenvalue weighted by atomic mass is 10.3. The minimum Gasteiger partial charge on any atom is -0.424 e. The van der Waals surface area contributed by atoms with Crippen LogP contribution in [0.15, 0.2) is 36.7 Å². The highest BCUT2D eigenvalue weighted by molar-refractivity contribution is 5.25. The quantitative estimate of drug-likeness (QED) is 0.767. The molecule has 0 amide bonds. The topological polar surface area (TPSA) is 73.9 Å². The molecule has 1 aromatic carbocycles. The van der Waals surface area contributed by atoms with Crippen LogP contribution in [0, 0.1) is 0 Å². The first kappa shape index (κ1) is 8.43. The molecule has 0 spiro atoms. The Hall–Kier alpha value is -2.17. The lowest BCUT2D eigenvalue weighted by molar-refractivity contribution is 0.440. The molecule has 0 saturated carbocycles. The molecule has 1 heterocycles. The summed E-state index contributed by atoms with van der Waals surface area (Å²) in [4.78, 5) is 11.3. The first-order valence-corrected chi connectivity index (χ1v) is 4.02. The van der Waals surface area contributed by atoms with Crippen LogP contribution in [0.25, 0.3) is 0 Å². The number of hydrogen-bond acceptors (Lipinski definition) is 5. The molecular weight excluding hydrogens is 180 g/mol. The molecule has 5 nitrogen and oxygen atoms in total. The minimum atomic E-state index is 0.144. The average molecular weight is 188 g/mol. The second-order valence-electron chi connectivity index (χ2n) is 2.54. The van der Waals surface area contributed by atoms with Crippen LogP contribution in [-0.4, -0.2) is 15.0 Å². The zero-order valence-corrected chi connectivity index (χ0v) is 7.29. The Morgan fingerprint density at radius 2 is 1.86 bits per heavy atom. The predicted octanol–water partition coefficient (Wildman–Crippen LogP) is 1.25. The third kappa shape index (κ3) is 1.95. The number of ether oxygens (including phenoxy) is 1. The van der Waals surface area contributed by atoms with Gasteiger partial charge in [0.25, 0.3) is 0 Å². The lowest BCUT2D eigenvalue weighted by Crippen LogP contribution is -1.98. The molecule has 0 aliphatic rings. The summed E-state index contributed by atoms with van der Waals surface area (Å²) in [6.45, 7) is 0. The van der Waals surface area contributed by atoms with E-state index >= 15 is 0 Å². The van der Waals surface area contributed by atoms with E-state index in [0.717, 1.165) is 0 Å². The van der Waals surface area contributed by atoms with Gasteiger partial charge in [0.15, 0.2) is 0 Å². The maximum absolute atomic E-state index is 5.37. The molecule has 0 atom stereocenters. The van der Waals surface area contributed by atoms with Crippen LogP contribution in [-0.2, 0) is 0 Å². The van der Waals surface area contributed by atoms with Gasteiger partial charge in [-0.1, -0.05) is 18.2 Å². The Kier molecular flexibility index (Phi) is 2.22. The maximum atomic E-state index is 5.37. The zero-order valence-electron chi connectivity index (χ0n) is 7.29. The third-order valence-corrected chi connectivity index (χ3v) is 1.52. The number of aromatic nitrogens is 3. The van der Waals surface area contributed by atoms with Crippen molar-refractivity contribution in [2.45, 2.75) is 0 Å². The molecule has 14 heavy (non-hydrogen) atoms. The number of para-hydroxylation sites is 1. The van der Waals surface area contributed by atoms with E-state index in [-0.39, 0.29) is 12.0 Å². The molecule has 2 rings (SSSR count). The van der Waals surface area contributed by atoms with Crippen LogP contribution >= 0.6 is 0 Å². The normalized spacial score (nSPS) is 9.71. The SMILES string of the molecule is Nc1ncnc(Oc2ccccc2)n1. The van der Waals surface area contributed by atoms with Crippen molar-refractivity contribution in [3.8, 4) is 11.8 Å². The first-order valence-electron chi connectivity index (χ1n) is 4.02. The van der Waals surface area contributed by atoms with Gasteiger partial charge in [-0.2, -0.15) is 9.97 Å². The van der Waals surface area contributed by atoms with Crippen molar-refractivity contribution in [3.05, 3.63) is 36.7 Å². The highest BCUT2D eigenvalue weighted by Crippen LogP contribution is 2.15. The molecule has 2 N–H and O–H groups in total. The summed E-state index contributed by atoms with van der Waals surface area (Å²) < 4.78 is 5.32. The van der Waals surface area contributed by atoms with Crippen LogP contribution in [0.4, 0.5) is 5.95 Å². The standard InChI is InChI=1S/C9H8N4O/c10-8-11-6-12-9(13-8)14-7-4-2-1-3-5-7/h1-6H,(H2,10,11,12,13). The molecule has 0 bridgehead atoms. The number of anilines is 1. The van der Waals surface area contributed by atoms with E-state index in [1.54, 1.807) is 12.1 Å². The van der Waals surface area contributed by atoms with Crippen LogP contribution < -0.4 is 10.5 Å². The number of nitrogens with zero attached hydrogens (tertiary/aromatic N) is 3. The second-order valence-corrected chi connectivity index (χ2v) is 2.54. The lowest BCUT2D eigenvalue weighted by Gasteiger charge is -2.01. The van der Waals surface area contributed by atoms with Gasteiger partial charge in [-0.05, 0) is 12.1 Å². The van der Waals surface area contributed by atoms with Crippen molar-refractivity contribution in [2.75, 3.05) is 5.73 Å². The monoisotopic (exact) mass is 188 g/mol. The molecule has 1 aromatic heterocycles. The molecule has 5 heteroatoms. The fraction of sp³-hybridized carbons (Fsp3) is 0. The van der Waals surface area contributed by atoms with E-state index in [4.69, 9.17) is 10.5 Å². The Bertz CT molecular complexity index is 418.